The number of halogens is 2. The van der Waals surface area contributed by atoms with E-state index in [2.05, 4.69) is 10.6 Å². The fourth-order valence-corrected chi connectivity index (χ4v) is 2.84. The summed E-state index contributed by atoms with van der Waals surface area (Å²) < 4.78 is 14.2. The normalized spacial score (nSPS) is 16.5. The SMILES string of the molecule is N=C1CNC/C1=C(/NCc1cccc(Cl)c1)c1ccccc1F. The smallest absolute Gasteiger partial charge is 0.132 e. The third kappa shape index (κ3) is 3.60. The Kier molecular flexibility index (Phi) is 4.74. The lowest BCUT2D eigenvalue weighted by molar-refractivity contribution is 0.621. The second-order valence-electron chi connectivity index (χ2n) is 5.40. The van der Waals surface area contributed by atoms with Gasteiger partial charge in [0.25, 0.3) is 0 Å². The highest BCUT2D eigenvalue weighted by Crippen LogP contribution is 2.22. The van der Waals surface area contributed by atoms with Crippen LogP contribution in [0.4, 0.5) is 4.39 Å². The number of hydrogen-bond acceptors (Lipinski definition) is 3. The first-order valence-electron chi connectivity index (χ1n) is 7.40. The van der Waals surface area contributed by atoms with E-state index >= 15 is 0 Å². The molecule has 5 heteroatoms. The maximum atomic E-state index is 14.2. The van der Waals surface area contributed by atoms with E-state index in [1.807, 2.05) is 24.3 Å². The van der Waals surface area contributed by atoms with E-state index in [9.17, 15) is 4.39 Å². The second kappa shape index (κ2) is 6.94. The molecule has 0 radical (unpaired) electrons. The van der Waals surface area contributed by atoms with Crippen molar-refractivity contribution in [2.45, 2.75) is 6.54 Å². The molecular weight excluding hydrogens is 313 g/mol. The van der Waals surface area contributed by atoms with Crippen LogP contribution in [-0.4, -0.2) is 18.8 Å². The summed E-state index contributed by atoms with van der Waals surface area (Å²) in [6, 6.07) is 14.2. The lowest BCUT2D eigenvalue weighted by Crippen LogP contribution is -2.17. The van der Waals surface area contributed by atoms with E-state index < -0.39 is 0 Å². The Balaban J connectivity index is 1.94. The van der Waals surface area contributed by atoms with Crippen LogP contribution in [0.15, 0.2) is 54.1 Å². The zero-order valence-corrected chi connectivity index (χ0v) is 13.3. The predicted octanol–water partition coefficient (Wildman–Crippen LogP) is 3.60. The molecule has 1 fully saturated rings. The van der Waals surface area contributed by atoms with Crippen molar-refractivity contribution in [2.75, 3.05) is 13.1 Å². The highest BCUT2D eigenvalue weighted by molar-refractivity contribution is 6.30. The maximum Gasteiger partial charge on any atom is 0.132 e. The van der Waals surface area contributed by atoms with Gasteiger partial charge in [-0.15, -0.1) is 0 Å². The van der Waals surface area contributed by atoms with Crippen LogP contribution in [0.5, 0.6) is 0 Å². The summed E-state index contributed by atoms with van der Waals surface area (Å²) >= 11 is 6.01. The summed E-state index contributed by atoms with van der Waals surface area (Å²) in [5.41, 5.74) is 3.44. The van der Waals surface area contributed by atoms with E-state index in [1.165, 1.54) is 6.07 Å². The van der Waals surface area contributed by atoms with Crippen molar-refractivity contribution in [1.29, 1.82) is 5.41 Å². The fraction of sp³-hybridized carbons (Fsp3) is 0.167. The highest BCUT2D eigenvalue weighted by Gasteiger charge is 2.20. The Labute approximate surface area is 139 Å². The summed E-state index contributed by atoms with van der Waals surface area (Å²) in [4.78, 5) is 0. The van der Waals surface area contributed by atoms with Gasteiger partial charge in [0.1, 0.15) is 5.82 Å². The minimum absolute atomic E-state index is 0.298. The Bertz CT molecular complexity index is 770. The molecule has 3 N–H and O–H groups in total. The predicted molar refractivity (Wildman–Crippen MR) is 92.2 cm³/mol. The molecule has 1 saturated heterocycles. The topological polar surface area (TPSA) is 47.9 Å². The van der Waals surface area contributed by atoms with E-state index in [0.29, 0.717) is 41.6 Å². The minimum atomic E-state index is -0.298. The van der Waals surface area contributed by atoms with E-state index in [1.54, 1.807) is 18.2 Å². The molecule has 0 aliphatic carbocycles. The van der Waals surface area contributed by atoms with Gasteiger partial charge in [-0.25, -0.2) is 4.39 Å². The number of nitrogens with one attached hydrogen (secondary N) is 3. The van der Waals surface area contributed by atoms with Crippen molar-refractivity contribution >= 4 is 23.0 Å². The molecule has 0 amide bonds. The first-order chi connectivity index (χ1) is 11.1. The number of rotatable bonds is 4. The van der Waals surface area contributed by atoms with Gasteiger partial charge in [-0.3, -0.25) is 0 Å². The van der Waals surface area contributed by atoms with Crippen LogP contribution in [0.2, 0.25) is 5.02 Å². The van der Waals surface area contributed by atoms with Crippen molar-refractivity contribution in [3.63, 3.8) is 0 Å². The van der Waals surface area contributed by atoms with Gasteiger partial charge >= 0.3 is 0 Å². The molecule has 0 atom stereocenters. The molecule has 0 spiro atoms. The third-order valence-electron chi connectivity index (χ3n) is 3.77. The molecule has 2 aromatic carbocycles. The molecule has 0 unspecified atom stereocenters. The molecule has 1 aliphatic heterocycles. The molecule has 0 bridgehead atoms. The Morgan fingerprint density at radius 1 is 1.17 bits per heavy atom. The van der Waals surface area contributed by atoms with Gasteiger partial charge in [-0.2, -0.15) is 0 Å². The molecule has 1 heterocycles. The summed E-state index contributed by atoms with van der Waals surface area (Å²) in [7, 11) is 0. The Morgan fingerprint density at radius 2 is 2.00 bits per heavy atom. The average Bonchev–Trinajstić information content (AvgIpc) is 2.95. The second-order valence-corrected chi connectivity index (χ2v) is 5.84. The van der Waals surface area contributed by atoms with Gasteiger partial charge in [0.2, 0.25) is 0 Å². The van der Waals surface area contributed by atoms with Gasteiger partial charge in [0.15, 0.2) is 0 Å². The quantitative estimate of drug-likeness (QED) is 0.802. The first kappa shape index (κ1) is 15.7. The average molecular weight is 330 g/mol. The van der Waals surface area contributed by atoms with Gasteiger partial charge in [0, 0.05) is 35.8 Å². The minimum Gasteiger partial charge on any atom is -0.380 e. The summed E-state index contributed by atoms with van der Waals surface area (Å²) in [6.07, 6.45) is 0. The summed E-state index contributed by atoms with van der Waals surface area (Å²) in [6.45, 7) is 1.58. The van der Waals surface area contributed by atoms with Crippen molar-refractivity contribution in [2.24, 2.45) is 0 Å². The highest BCUT2D eigenvalue weighted by atomic mass is 35.5. The zero-order chi connectivity index (χ0) is 16.2. The molecule has 0 saturated carbocycles. The van der Waals surface area contributed by atoms with Crippen LogP contribution < -0.4 is 10.6 Å². The van der Waals surface area contributed by atoms with Crippen LogP contribution in [0.1, 0.15) is 11.1 Å². The summed E-state index contributed by atoms with van der Waals surface area (Å²) in [5, 5.41) is 15.2. The van der Waals surface area contributed by atoms with Crippen LogP contribution in [0.3, 0.4) is 0 Å². The molecule has 3 nitrogen and oxygen atoms in total. The number of hydrogen-bond donors (Lipinski definition) is 3. The van der Waals surface area contributed by atoms with Gasteiger partial charge in [0.05, 0.1) is 11.4 Å². The van der Waals surface area contributed by atoms with Crippen LogP contribution in [0.25, 0.3) is 5.70 Å². The van der Waals surface area contributed by atoms with Gasteiger partial charge < -0.3 is 16.0 Å². The molecule has 23 heavy (non-hydrogen) atoms. The van der Waals surface area contributed by atoms with Crippen LogP contribution >= 0.6 is 11.6 Å². The van der Waals surface area contributed by atoms with E-state index in [-0.39, 0.29) is 5.82 Å². The molecular formula is C18H17ClFN3. The Morgan fingerprint density at radius 3 is 2.70 bits per heavy atom. The standard InChI is InChI=1S/C18H17ClFN3/c19-13-5-3-4-12(8-13)9-23-18(15-10-22-11-17(15)21)14-6-1-2-7-16(14)20/h1-8,21-23H,9-11H2/b18-15-,21-17?. The molecule has 118 valence electrons. The monoisotopic (exact) mass is 329 g/mol. The van der Waals surface area contributed by atoms with E-state index in [4.69, 9.17) is 17.0 Å². The molecule has 3 rings (SSSR count). The zero-order valence-electron chi connectivity index (χ0n) is 12.5. The van der Waals surface area contributed by atoms with Crippen LogP contribution in [0, 0.1) is 11.2 Å². The first-order valence-corrected chi connectivity index (χ1v) is 7.78. The molecule has 0 aromatic heterocycles. The maximum absolute atomic E-state index is 14.2. The largest absolute Gasteiger partial charge is 0.380 e. The lowest BCUT2D eigenvalue weighted by atomic mass is 10.0. The lowest BCUT2D eigenvalue weighted by Gasteiger charge is -2.16. The Hall–Kier alpha value is -2.17. The van der Waals surface area contributed by atoms with Crippen molar-refractivity contribution in [1.82, 2.24) is 10.6 Å². The van der Waals surface area contributed by atoms with E-state index in [0.717, 1.165) is 11.1 Å². The third-order valence-corrected chi connectivity index (χ3v) is 4.01. The van der Waals surface area contributed by atoms with Crippen molar-refractivity contribution in [3.05, 3.63) is 76.1 Å². The number of benzene rings is 2. The van der Waals surface area contributed by atoms with Crippen LogP contribution in [-0.2, 0) is 6.54 Å². The van der Waals surface area contributed by atoms with Crippen molar-refractivity contribution < 1.29 is 4.39 Å². The fourth-order valence-electron chi connectivity index (χ4n) is 2.63. The summed E-state index contributed by atoms with van der Waals surface area (Å²) in [5.74, 6) is -0.298. The van der Waals surface area contributed by atoms with Gasteiger partial charge in [-0.05, 0) is 29.8 Å². The van der Waals surface area contributed by atoms with Crippen molar-refractivity contribution in [3.8, 4) is 0 Å². The van der Waals surface area contributed by atoms with Gasteiger partial charge in [-0.1, -0.05) is 35.9 Å². The molecule has 1 aliphatic rings. The molecule has 2 aromatic rings.